The Bertz CT molecular complexity index is 998. The lowest BCUT2D eigenvalue weighted by atomic mass is 9.99. The van der Waals surface area contributed by atoms with Crippen LogP contribution in [-0.2, 0) is 17.6 Å². The number of hydrogen-bond donors (Lipinski definition) is 1. The van der Waals surface area contributed by atoms with Crippen molar-refractivity contribution in [1.82, 2.24) is 0 Å². The average molecular weight is 424 g/mol. The van der Waals surface area contributed by atoms with E-state index in [2.05, 4.69) is 24.3 Å². The summed E-state index contributed by atoms with van der Waals surface area (Å²) in [5.74, 6) is -1.57. The normalized spacial score (nSPS) is 11.8. The molecule has 3 nitrogen and oxygen atoms in total. The van der Waals surface area contributed by atoms with E-state index in [9.17, 15) is 13.6 Å². The quantitative estimate of drug-likeness (QED) is 0.389. The molecule has 0 unspecified atom stereocenters. The lowest BCUT2D eigenvalue weighted by Gasteiger charge is -2.09. The minimum atomic E-state index is -0.756. The molecule has 5 heteroatoms. The molecule has 0 aliphatic heterocycles. The molecule has 31 heavy (non-hydrogen) atoms. The van der Waals surface area contributed by atoms with Gasteiger partial charge in [-0.15, -0.1) is 0 Å². The van der Waals surface area contributed by atoms with Crippen molar-refractivity contribution in [3.8, 4) is 16.9 Å². The van der Waals surface area contributed by atoms with Gasteiger partial charge in [0.1, 0.15) is 17.4 Å². The Hall–Kier alpha value is -3.21. The maximum Gasteiger partial charge on any atom is 0.306 e. The molecule has 3 aromatic rings. The first-order chi connectivity index (χ1) is 14.9. The Kier molecular flexibility index (Phi) is 7.76. The zero-order valence-electron chi connectivity index (χ0n) is 17.5. The lowest BCUT2D eigenvalue weighted by Crippen LogP contribution is -2.10. The molecule has 3 rings (SSSR count). The Labute approximate surface area is 181 Å². The van der Waals surface area contributed by atoms with Gasteiger partial charge in [-0.05, 0) is 66.6 Å². The minimum absolute atomic E-state index is 0.333. The Morgan fingerprint density at radius 1 is 0.935 bits per heavy atom. The number of carboxylic acids is 1. The lowest BCUT2D eigenvalue weighted by molar-refractivity contribution is -0.141. The summed E-state index contributed by atoms with van der Waals surface area (Å²) < 4.78 is 32.7. The smallest absolute Gasteiger partial charge is 0.306 e. The van der Waals surface area contributed by atoms with E-state index in [1.54, 1.807) is 31.2 Å². The number of rotatable bonds is 10. The van der Waals surface area contributed by atoms with E-state index in [1.165, 1.54) is 17.7 Å². The van der Waals surface area contributed by atoms with Crippen molar-refractivity contribution >= 4 is 5.97 Å². The van der Waals surface area contributed by atoms with Gasteiger partial charge in [-0.2, -0.15) is 0 Å². The number of benzene rings is 3. The van der Waals surface area contributed by atoms with Gasteiger partial charge in [0.2, 0.25) is 0 Å². The highest BCUT2D eigenvalue weighted by molar-refractivity contribution is 5.69. The molecular weight excluding hydrogens is 398 g/mol. The van der Waals surface area contributed by atoms with Gasteiger partial charge in [0.15, 0.2) is 0 Å². The maximum absolute atomic E-state index is 13.9. The molecule has 0 saturated carbocycles. The van der Waals surface area contributed by atoms with Crippen LogP contribution in [-0.4, -0.2) is 17.7 Å². The monoisotopic (exact) mass is 424 g/mol. The number of aliphatic carboxylic acids is 1. The molecule has 0 spiro atoms. The van der Waals surface area contributed by atoms with Crippen LogP contribution in [0.4, 0.5) is 8.78 Å². The Morgan fingerprint density at radius 2 is 1.58 bits per heavy atom. The average Bonchev–Trinajstić information content (AvgIpc) is 2.76. The first-order valence-electron chi connectivity index (χ1n) is 10.4. The predicted octanol–water partition coefficient (Wildman–Crippen LogP) is 6.30. The first-order valence-corrected chi connectivity index (χ1v) is 10.4. The molecule has 0 heterocycles. The van der Waals surface area contributed by atoms with Crippen LogP contribution >= 0.6 is 0 Å². The molecule has 0 bridgehead atoms. The van der Waals surface area contributed by atoms with Gasteiger partial charge in [0.25, 0.3) is 0 Å². The van der Waals surface area contributed by atoms with E-state index in [0.717, 1.165) is 30.9 Å². The number of carboxylic acid groups (broad SMARTS) is 1. The fourth-order valence-electron chi connectivity index (χ4n) is 3.30. The van der Waals surface area contributed by atoms with Crippen molar-refractivity contribution in [2.75, 3.05) is 6.61 Å². The van der Waals surface area contributed by atoms with Gasteiger partial charge in [-0.25, -0.2) is 8.78 Å². The SMILES string of the molecule is C[C@@H](CCc1ccc(CCCOc2ccc(-c3ccc(F)cc3F)cc2)cc1)C(=O)O. The van der Waals surface area contributed by atoms with E-state index in [4.69, 9.17) is 9.84 Å². The van der Waals surface area contributed by atoms with Crippen LogP contribution < -0.4 is 4.74 Å². The molecule has 0 amide bonds. The van der Waals surface area contributed by atoms with Crippen LogP contribution in [0.2, 0.25) is 0 Å². The van der Waals surface area contributed by atoms with Gasteiger partial charge in [0, 0.05) is 11.6 Å². The van der Waals surface area contributed by atoms with Crippen molar-refractivity contribution in [2.45, 2.75) is 32.6 Å². The summed E-state index contributed by atoms with van der Waals surface area (Å²) in [4.78, 5) is 10.9. The second-order valence-electron chi connectivity index (χ2n) is 7.70. The van der Waals surface area contributed by atoms with Crippen LogP contribution in [0, 0.1) is 17.6 Å². The van der Waals surface area contributed by atoms with Crippen LogP contribution in [0.1, 0.15) is 30.9 Å². The van der Waals surface area contributed by atoms with E-state index < -0.39 is 17.6 Å². The molecule has 0 fully saturated rings. The third kappa shape index (κ3) is 6.64. The third-order valence-electron chi connectivity index (χ3n) is 5.29. The summed E-state index contributed by atoms with van der Waals surface area (Å²) in [6.45, 7) is 2.29. The number of carbonyl (C=O) groups is 1. The number of halogens is 2. The van der Waals surface area contributed by atoms with Gasteiger partial charge in [0.05, 0.1) is 12.5 Å². The second-order valence-corrected chi connectivity index (χ2v) is 7.70. The summed E-state index contributed by atoms with van der Waals surface area (Å²) in [6, 6.07) is 18.9. The Balaban J connectivity index is 1.43. The van der Waals surface area contributed by atoms with E-state index in [-0.39, 0.29) is 5.92 Å². The molecule has 0 aliphatic rings. The number of aryl methyl sites for hydroxylation is 2. The largest absolute Gasteiger partial charge is 0.494 e. The highest BCUT2D eigenvalue weighted by atomic mass is 19.1. The third-order valence-corrected chi connectivity index (χ3v) is 5.29. The molecule has 1 N–H and O–H groups in total. The van der Waals surface area contributed by atoms with Crippen molar-refractivity contribution in [2.24, 2.45) is 5.92 Å². The molecule has 3 aromatic carbocycles. The van der Waals surface area contributed by atoms with Crippen molar-refractivity contribution in [3.05, 3.63) is 89.5 Å². The number of hydrogen-bond acceptors (Lipinski definition) is 2. The molecule has 0 saturated heterocycles. The van der Waals surface area contributed by atoms with Crippen molar-refractivity contribution in [1.29, 1.82) is 0 Å². The summed E-state index contributed by atoms with van der Waals surface area (Å²) >= 11 is 0. The molecule has 0 aromatic heterocycles. The summed E-state index contributed by atoms with van der Waals surface area (Å²) in [7, 11) is 0. The fraction of sp³-hybridized carbons (Fsp3) is 0.269. The Morgan fingerprint density at radius 3 is 2.19 bits per heavy atom. The van der Waals surface area contributed by atoms with Gasteiger partial charge < -0.3 is 9.84 Å². The van der Waals surface area contributed by atoms with Crippen LogP contribution in [0.25, 0.3) is 11.1 Å². The van der Waals surface area contributed by atoms with Crippen LogP contribution in [0.5, 0.6) is 5.75 Å². The summed E-state index contributed by atoms with van der Waals surface area (Å²) in [6.07, 6.45) is 3.12. The van der Waals surface area contributed by atoms with Crippen LogP contribution in [0.3, 0.4) is 0 Å². The van der Waals surface area contributed by atoms with Crippen molar-refractivity contribution in [3.63, 3.8) is 0 Å². The second kappa shape index (κ2) is 10.7. The van der Waals surface area contributed by atoms with Crippen molar-refractivity contribution < 1.29 is 23.4 Å². The zero-order chi connectivity index (χ0) is 22.2. The van der Waals surface area contributed by atoms with Gasteiger partial charge in [-0.3, -0.25) is 4.79 Å². The minimum Gasteiger partial charge on any atom is -0.494 e. The molecule has 1 atom stereocenters. The standard InChI is InChI=1S/C26H26F2O3/c1-18(26(29)30)4-5-20-8-6-19(7-9-20)3-2-16-31-23-13-10-21(11-14-23)24-15-12-22(27)17-25(24)28/h6-15,17-18H,2-5,16H2,1H3,(H,29,30)/t18-/m0/s1. The van der Waals surface area contributed by atoms with E-state index >= 15 is 0 Å². The summed E-state index contributed by atoms with van der Waals surface area (Å²) in [5.41, 5.74) is 3.38. The first kappa shape index (κ1) is 22.5. The topological polar surface area (TPSA) is 46.5 Å². The fourth-order valence-corrected chi connectivity index (χ4v) is 3.30. The molecule has 0 radical (unpaired) electrons. The molecule has 162 valence electrons. The highest BCUT2D eigenvalue weighted by Crippen LogP contribution is 2.25. The zero-order valence-corrected chi connectivity index (χ0v) is 17.5. The maximum atomic E-state index is 13.9. The van der Waals surface area contributed by atoms with E-state index in [1.807, 2.05) is 0 Å². The number of ether oxygens (including phenoxy) is 1. The van der Waals surface area contributed by atoms with Crippen LogP contribution in [0.15, 0.2) is 66.7 Å². The highest BCUT2D eigenvalue weighted by Gasteiger charge is 2.10. The summed E-state index contributed by atoms with van der Waals surface area (Å²) in [5, 5.41) is 8.95. The van der Waals surface area contributed by atoms with E-state index in [0.29, 0.717) is 29.9 Å². The van der Waals surface area contributed by atoms with Gasteiger partial charge in [-0.1, -0.05) is 43.3 Å². The molecular formula is C26H26F2O3. The predicted molar refractivity (Wildman–Crippen MR) is 117 cm³/mol. The van der Waals surface area contributed by atoms with Gasteiger partial charge >= 0.3 is 5.97 Å². The molecule has 0 aliphatic carbocycles.